The van der Waals surface area contributed by atoms with E-state index in [1.807, 2.05) is 33.8 Å². The number of halogens is 1. The fourth-order valence-corrected chi connectivity index (χ4v) is 2.03. The van der Waals surface area contributed by atoms with Crippen LogP contribution in [-0.2, 0) is 0 Å². The molecule has 0 aromatic carbocycles. The first-order valence-corrected chi connectivity index (χ1v) is 5.69. The van der Waals surface area contributed by atoms with Crippen LogP contribution in [0.2, 0.25) is 5.02 Å². The van der Waals surface area contributed by atoms with Crippen LogP contribution in [0.3, 0.4) is 0 Å². The lowest BCUT2D eigenvalue weighted by molar-refractivity contribution is 0.570. The number of aromatic nitrogens is 1. The Kier molecular flexibility index (Phi) is 3.83. The fraction of sp³-hybridized carbons (Fsp3) is 0.462. The van der Waals surface area contributed by atoms with Crippen LogP contribution in [0.15, 0.2) is 10.9 Å². The molecule has 0 bridgehead atoms. The molecule has 1 rings (SSSR count). The Hall–Kier alpha value is -1.20. The predicted molar refractivity (Wildman–Crippen MR) is 68.1 cm³/mol. The second-order valence-electron chi connectivity index (χ2n) is 4.37. The van der Waals surface area contributed by atoms with Crippen molar-refractivity contribution in [3.05, 3.63) is 32.7 Å². The van der Waals surface area contributed by atoms with E-state index >= 15 is 0 Å². The fourth-order valence-electron chi connectivity index (χ4n) is 1.66. The molecule has 3 heteroatoms. The van der Waals surface area contributed by atoms with Gasteiger partial charge in [0, 0.05) is 6.04 Å². The molecular weight excluding hydrogens is 222 g/mol. The molecule has 0 unspecified atom stereocenters. The van der Waals surface area contributed by atoms with Gasteiger partial charge >= 0.3 is 0 Å². The third-order valence-electron chi connectivity index (χ3n) is 2.50. The van der Waals surface area contributed by atoms with Gasteiger partial charge in [0.25, 0.3) is 5.56 Å². The van der Waals surface area contributed by atoms with E-state index in [0.717, 1.165) is 5.56 Å². The van der Waals surface area contributed by atoms with Crippen LogP contribution in [0.25, 0.3) is 0 Å². The topological polar surface area (TPSA) is 22.0 Å². The summed E-state index contributed by atoms with van der Waals surface area (Å²) < 4.78 is 1.55. The summed E-state index contributed by atoms with van der Waals surface area (Å²) in [4.78, 5) is 12.1. The minimum absolute atomic E-state index is 0.0114. The summed E-state index contributed by atoms with van der Waals surface area (Å²) in [5.74, 6) is 2.73. The molecule has 0 radical (unpaired) electrons. The van der Waals surface area contributed by atoms with Crippen molar-refractivity contribution in [1.82, 2.24) is 4.57 Å². The Bertz CT molecular complexity index is 492. The molecule has 0 aliphatic heterocycles. The maximum atomic E-state index is 12.1. The SMILES string of the molecule is C#Cc1cc(C(C)C)c(Cl)c(=O)n1C(C)C. The Labute approximate surface area is 101 Å². The molecule has 0 amide bonds. The quantitative estimate of drug-likeness (QED) is 0.724. The summed E-state index contributed by atoms with van der Waals surface area (Å²) in [7, 11) is 0. The number of rotatable bonds is 2. The lowest BCUT2D eigenvalue weighted by Gasteiger charge is -2.17. The molecule has 0 atom stereocenters. The lowest BCUT2D eigenvalue weighted by Crippen LogP contribution is -2.26. The van der Waals surface area contributed by atoms with E-state index in [2.05, 4.69) is 5.92 Å². The minimum Gasteiger partial charge on any atom is -0.298 e. The van der Waals surface area contributed by atoms with E-state index in [-0.39, 0.29) is 22.5 Å². The van der Waals surface area contributed by atoms with E-state index in [1.54, 1.807) is 4.57 Å². The van der Waals surface area contributed by atoms with Gasteiger partial charge in [-0.15, -0.1) is 6.42 Å². The van der Waals surface area contributed by atoms with Crippen LogP contribution >= 0.6 is 11.6 Å². The highest BCUT2D eigenvalue weighted by molar-refractivity contribution is 6.31. The van der Waals surface area contributed by atoms with Crippen LogP contribution in [0.5, 0.6) is 0 Å². The van der Waals surface area contributed by atoms with Gasteiger partial charge in [0.05, 0.1) is 5.69 Å². The van der Waals surface area contributed by atoms with Gasteiger partial charge in [-0.1, -0.05) is 31.4 Å². The van der Waals surface area contributed by atoms with Gasteiger partial charge in [-0.05, 0) is 31.4 Å². The number of terminal acetylenes is 1. The van der Waals surface area contributed by atoms with Gasteiger partial charge in [0.1, 0.15) is 5.02 Å². The van der Waals surface area contributed by atoms with Crippen molar-refractivity contribution in [2.45, 2.75) is 39.7 Å². The van der Waals surface area contributed by atoms with Crippen molar-refractivity contribution >= 4 is 11.6 Å². The van der Waals surface area contributed by atoms with E-state index in [9.17, 15) is 4.79 Å². The predicted octanol–water partition coefficient (Wildman–Crippen LogP) is 3.19. The second kappa shape index (κ2) is 4.76. The van der Waals surface area contributed by atoms with E-state index < -0.39 is 0 Å². The first-order chi connectivity index (χ1) is 7.40. The van der Waals surface area contributed by atoms with Gasteiger partial charge < -0.3 is 0 Å². The third-order valence-corrected chi connectivity index (χ3v) is 2.88. The monoisotopic (exact) mass is 237 g/mol. The van der Waals surface area contributed by atoms with Crippen LogP contribution in [0, 0.1) is 12.3 Å². The Balaban J connectivity index is 3.64. The maximum Gasteiger partial charge on any atom is 0.270 e. The Morgan fingerprint density at radius 2 is 1.94 bits per heavy atom. The average molecular weight is 238 g/mol. The first-order valence-electron chi connectivity index (χ1n) is 5.31. The third kappa shape index (κ3) is 2.15. The molecule has 16 heavy (non-hydrogen) atoms. The molecule has 1 aromatic rings. The highest BCUT2D eigenvalue weighted by Gasteiger charge is 2.15. The molecule has 0 aliphatic carbocycles. The Morgan fingerprint density at radius 1 is 1.38 bits per heavy atom. The van der Waals surface area contributed by atoms with Crippen molar-refractivity contribution in [3.63, 3.8) is 0 Å². The summed E-state index contributed by atoms with van der Waals surface area (Å²) in [6.07, 6.45) is 5.42. The highest BCUT2D eigenvalue weighted by atomic mass is 35.5. The van der Waals surface area contributed by atoms with E-state index in [1.165, 1.54) is 0 Å². The normalized spacial score (nSPS) is 10.9. The zero-order valence-electron chi connectivity index (χ0n) is 10.0. The van der Waals surface area contributed by atoms with Gasteiger partial charge in [-0.2, -0.15) is 0 Å². The van der Waals surface area contributed by atoms with Gasteiger partial charge in [-0.25, -0.2) is 0 Å². The Morgan fingerprint density at radius 3 is 2.31 bits per heavy atom. The van der Waals surface area contributed by atoms with Crippen molar-refractivity contribution in [2.75, 3.05) is 0 Å². The lowest BCUT2D eigenvalue weighted by atomic mass is 10.0. The van der Waals surface area contributed by atoms with E-state index in [0.29, 0.717) is 5.69 Å². The number of hydrogen-bond acceptors (Lipinski definition) is 1. The van der Waals surface area contributed by atoms with Crippen LogP contribution in [-0.4, -0.2) is 4.57 Å². The summed E-state index contributed by atoms with van der Waals surface area (Å²) in [5.41, 5.74) is 1.21. The standard InChI is InChI=1S/C13H16ClNO/c1-6-10-7-11(8(2)3)12(14)13(16)15(10)9(4)5/h1,7-9H,2-5H3. The number of pyridine rings is 1. The van der Waals surface area contributed by atoms with Crippen molar-refractivity contribution < 1.29 is 0 Å². The molecule has 0 aliphatic rings. The first kappa shape index (κ1) is 12.9. The highest BCUT2D eigenvalue weighted by Crippen LogP contribution is 2.23. The molecule has 2 nitrogen and oxygen atoms in total. The maximum absolute atomic E-state index is 12.1. The van der Waals surface area contributed by atoms with Crippen LogP contribution in [0.4, 0.5) is 0 Å². The second-order valence-corrected chi connectivity index (χ2v) is 4.74. The molecule has 0 fully saturated rings. The van der Waals surface area contributed by atoms with Crippen LogP contribution < -0.4 is 5.56 Å². The summed E-state index contributed by atoms with van der Waals surface area (Å²) in [6.45, 7) is 7.79. The van der Waals surface area contributed by atoms with Crippen LogP contribution in [0.1, 0.15) is 50.9 Å². The molecule has 0 N–H and O–H groups in total. The van der Waals surface area contributed by atoms with Gasteiger partial charge in [-0.3, -0.25) is 9.36 Å². The molecule has 0 saturated heterocycles. The molecule has 0 saturated carbocycles. The number of nitrogens with zero attached hydrogens (tertiary/aromatic N) is 1. The molecular formula is C13H16ClNO. The largest absolute Gasteiger partial charge is 0.298 e. The summed E-state index contributed by atoms with van der Waals surface area (Å²) in [5, 5.41) is 0.280. The summed E-state index contributed by atoms with van der Waals surface area (Å²) in [6, 6.07) is 1.84. The van der Waals surface area contributed by atoms with Crippen molar-refractivity contribution in [3.8, 4) is 12.3 Å². The van der Waals surface area contributed by atoms with Crippen molar-refractivity contribution in [1.29, 1.82) is 0 Å². The van der Waals surface area contributed by atoms with Gasteiger partial charge in [0.2, 0.25) is 0 Å². The zero-order chi connectivity index (χ0) is 12.5. The van der Waals surface area contributed by atoms with Crippen molar-refractivity contribution in [2.24, 2.45) is 0 Å². The molecule has 86 valence electrons. The zero-order valence-corrected chi connectivity index (χ0v) is 10.8. The molecule has 1 heterocycles. The molecule has 0 spiro atoms. The minimum atomic E-state index is -0.198. The summed E-state index contributed by atoms with van der Waals surface area (Å²) >= 11 is 6.06. The van der Waals surface area contributed by atoms with Gasteiger partial charge in [0.15, 0.2) is 0 Å². The van der Waals surface area contributed by atoms with E-state index in [4.69, 9.17) is 18.0 Å². The number of hydrogen-bond donors (Lipinski definition) is 0. The average Bonchev–Trinajstić information content (AvgIpc) is 2.20. The molecule has 1 aromatic heterocycles. The smallest absolute Gasteiger partial charge is 0.270 e.